The molecule has 6 heteroatoms. The molecule has 21 heavy (non-hydrogen) atoms. The molecule has 0 saturated heterocycles. The highest BCUT2D eigenvalue weighted by Gasteiger charge is 2.13. The molecule has 1 aromatic heterocycles. The van der Waals surface area contributed by atoms with E-state index in [9.17, 15) is 4.79 Å². The van der Waals surface area contributed by atoms with Crippen molar-refractivity contribution in [3.8, 4) is 11.5 Å². The van der Waals surface area contributed by atoms with Crippen molar-refractivity contribution in [1.29, 1.82) is 0 Å². The number of oxazole rings is 1. The lowest BCUT2D eigenvalue weighted by atomic mass is 10.2. The van der Waals surface area contributed by atoms with E-state index >= 15 is 0 Å². The van der Waals surface area contributed by atoms with Gasteiger partial charge in [0, 0.05) is 5.56 Å². The van der Waals surface area contributed by atoms with Crippen LogP contribution >= 0.6 is 12.4 Å². The fraction of sp³-hybridized carbons (Fsp3) is 0.333. The number of aromatic nitrogens is 1. The Hall–Kier alpha value is -1.85. The van der Waals surface area contributed by atoms with Gasteiger partial charge in [-0.3, -0.25) is 4.79 Å². The molecule has 5 nitrogen and oxygen atoms in total. The van der Waals surface area contributed by atoms with Gasteiger partial charge in [-0.1, -0.05) is 31.5 Å². The van der Waals surface area contributed by atoms with Gasteiger partial charge >= 0.3 is 0 Å². The number of benzene rings is 1. The summed E-state index contributed by atoms with van der Waals surface area (Å²) in [6.45, 7) is 2.32. The van der Waals surface area contributed by atoms with Gasteiger partial charge in [-0.15, -0.1) is 12.4 Å². The molecule has 0 saturated carbocycles. The third-order valence-corrected chi connectivity index (χ3v) is 2.95. The average Bonchev–Trinajstić information content (AvgIpc) is 2.95. The number of hydrogen-bond acceptors (Lipinski definition) is 4. The maximum absolute atomic E-state index is 11.7. The van der Waals surface area contributed by atoms with Gasteiger partial charge in [0.1, 0.15) is 6.26 Å². The van der Waals surface area contributed by atoms with Crippen molar-refractivity contribution in [2.45, 2.75) is 32.4 Å². The van der Waals surface area contributed by atoms with E-state index in [0.29, 0.717) is 24.6 Å². The van der Waals surface area contributed by atoms with Crippen LogP contribution in [0.5, 0.6) is 0 Å². The maximum atomic E-state index is 11.7. The molecule has 1 heterocycles. The largest absolute Gasteiger partial charge is 0.444 e. The number of carbonyl (C=O) groups excluding carboxylic acids is 1. The molecule has 0 fully saturated rings. The molecule has 1 unspecified atom stereocenters. The van der Waals surface area contributed by atoms with Crippen molar-refractivity contribution in [3.05, 3.63) is 42.3 Å². The molecule has 1 atom stereocenters. The molecule has 0 spiro atoms. The second-order valence-corrected chi connectivity index (χ2v) is 4.62. The average molecular weight is 310 g/mol. The first-order valence-corrected chi connectivity index (χ1v) is 6.73. The first-order chi connectivity index (χ1) is 9.70. The molecular weight excluding hydrogens is 290 g/mol. The van der Waals surface area contributed by atoms with Crippen molar-refractivity contribution in [2.24, 2.45) is 5.73 Å². The predicted octanol–water partition coefficient (Wildman–Crippen LogP) is 2.51. The summed E-state index contributed by atoms with van der Waals surface area (Å²) in [4.78, 5) is 16.0. The van der Waals surface area contributed by atoms with Gasteiger partial charge in [-0.25, -0.2) is 4.98 Å². The Morgan fingerprint density at radius 3 is 2.76 bits per heavy atom. The minimum atomic E-state index is -0.458. The van der Waals surface area contributed by atoms with Crippen LogP contribution in [0.2, 0.25) is 0 Å². The molecule has 3 N–H and O–H groups in total. The molecule has 0 radical (unpaired) electrons. The molecule has 0 bridgehead atoms. The standard InChI is InChI=1S/C15H19N3O2.ClH/c1-2-6-13(16)14(19)17-9-12-10-20-15(18-12)11-7-4-3-5-8-11;/h3-5,7-8,10,13H,2,6,9,16H2,1H3,(H,17,19);1H. The smallest absolute Gasteiger partial charge is 0.237 e. The van der Waals surface area contributed by atoms with Gasteiger partial charge in [-0.05, 0) is 18.6 Å². The number of rotatable bonds is 6. The minimum absolute atomic E-state index is 0. The van der Waals surface area contributed by atoms with Crippen LogP contribution in [0.3, 0.4) is 0 Å². The highest BCUT2D eigenvalue weighted by molar-refractivity contribution is 5.85. The topological polar surface area (TPSA) is 81.2 Å². The highest BCUT2D eigenvalue weighted by atomic mass is 35.5. The number of nitrogens with zero attached hydrogens (tertiary/aromatic N) is 1. The zero-order valence-corrected chi connectivity index (χ0v) is 12.7. The fourth-order valence-corrected chi connectivity index (χ4v) is 1.85. The summed E-state index contributed by atoms with van der Waals surface area (Å²) in [6.07, 6.45) is 3.12. The van der Waals surface area contributed by atoms with Gasteiger partial charge < -0.3 is 15.5 Å². The van der Waals surface area contributed by atoms with Crippen molar-refractivity contribution in [1.82, 2.24) is 10.3 Å². The fourth-order valence-electron chi connectivity index (χ4n) is 1.85. The van der Waals surface area contributed by atoms with E-state index < -0.39 is 6.04 Å². The Morgan fingerprint density at radius 1 is 1.38 bits per heavy atom. The summed E-state index contributed by atoms with van der Waals surface area (Å²) in [6, 6.07) is 9.16. The summed E-state index contributed by atoms with van der Waals surface area (Å²) in [5, 5.41) is 2.76. The Bertz CT molecular complexity index is 557. The van der Waals surface area contributed by atoms with Gasteiger partial charge in [0.2, 0.25) is 11.8 Å². The van der Waals surface area contributed by atoms with Crippen LogP contribution in [-0.2, 0) is 11.3 Å². The quantitative estimate of drug-likeness (QED) is 0.859. The third kappa shape index (κ3) is 4.88. The number of carbonyl (C=O) groups is 1. The Balaban J connectivity index is 0.00000220. The predicted molar refractivity (Wildman–Crippen MR) is 83.9 cm³/mol. The zero-order valence-electron chi connectivity index (χ0n) is 11.9. The molecule has 1 aromatic carbocycles. The van der Waals surface area contributed by atoms with E-state index in [1.54, 1.807) is 6.26 Å². The van der Waals surface area contributed by atoms with E-state index in [4.69, 9.17) is 10.2 Å². The minimum Gasteiger partial charge on any atom is -0.444 e. The molecule has 114 valence electrons. The lowest BCUT2D eigenvalue weighted by molar-refractivity contribution is -0.122. The van der Waals surface area contributed by atoms with Crippen molar-refractivity contribution in [2.75, 3.05) is 0 Å². The second-order valence-electron chi connectivity index (χ2n) is 4.62. The van der Waals surface area contributed by atoms with E-state index in [1.165, 1.54) is 0 Å². The molecular formula is C15H20ClN3O2. The lowest BCUT2D eigenvalue weighted by Gasteiger charge is -2.09. The van der Waals surface area contributed by atoms with Crippen molar-refractivity contribution in [3.63, 3.8) is 0 Å². The first kappa shape index (κ1) is 17.2. The van der Waals surface area contributed by atoms with Crippen LogP contribution in [0.4, 0.5) is 0 Å². The van der Waals surface area contributed by atoms with Crippen molar-refractivity contribution < 1.29 is 9.21 Å². The van der Waals surface area contributed by atoms with Gasteiger partial charge in [0.05, 0.1) is 18.3 Å². The first-order valence-electron chi connectivity index (χ1n) is 6.73. The molecule has 2 aromatic rings. The third-order valence-electron chi connectivity index (χ3n) is 2.95. The summed E-state index contributed by atoms with van der Waals surface area (Å²) in [7, 11) is 0. The van der Waals surface area contributed by atoms with E-state index in [0.717, 1.165) is 12.0 Å². The van der Waals surface area contributed by atoms with E-state index in [1.807, 2.05) is 37.3 Å². The Labute approximate surface area is 130 Å². The zero-order chi connectivity index (χ0) is 14.4. The molecule has 0 aliphatic carbocycles. The number of halogens is 1. The van der Waals surface area contributed by atoms with Gasteiger partial charge in [0.25, 0.3) is 0 Å². The monoisotopic (exact) mass is 309 g/mol. The number of hydrogen-bond donors (Lipinski definition) is 2. The summed E-state index contributed by atoms with van der Waals surface area (Å²) in [5.74, 6) is 0.392. The van der Waals surface area contributed by atoms with Crippen LogP contribution in [0, 0.1) is 0 Å². The molecule has 1 amide bonds. The van der Waals surface area contributed by atoms with Crippen LogP contribution in [0.15, 0.2) is 41.0 Å². The van der Waals surface area contributed by atoms with Gasteiger partial charge in [-0.2, -0.15) is 0 Å². The highest BCUT2D eigenvalue weighted by Crippen LogP contribution is 2.17. The molecule has 0 aliphatic rings. The maximum Gasteiger partial charge on any atom is 0.237 e. The lowest BCUT2D eigenvalue weighted by Crippen LogP contribution is -2.40. The second kappa shape index (κ2) is 8.44. The normalized spacial score (nSPS) is 11.5. The molecule has 2 rings (SSSR count). The van der Waals surface area contributed by atoms with Crippen LogP contribution in [0.25, 0.3) is 11.5 Å². The van der Waals surface area contributed by atoms with Crippen LogP contribution in [-0.4, -0.2) is 16.9 Å². The van der Waals surface area contributed by atoms with Crippen LogP contribution < -0.4 is 11.1 Å². The molecule has 0 aliphatic heterocycles. The number of nitrogens with one attached hydrogen (secondary N) is 1. The Kier molecular flexibility index (Phi) is 6.91. The number of nitrogens with two attached hydrogens (primary N) is 1. The van der Waals surface area contributed by atoms with Gasteiger partial charge in [0.15, 0.2) is 0 Å². The Morgan fingerprint density at radius 2 is 2.10 bits per heavy atom. The summed E-state index contributed by atoms with van der Waals surface area (Å²) < 4.78 is 5.40. The van der Waals surface area contributed by atoms with Crippen LogP contribution in [0.1, 0.15) is 25.5 Å². The van der Waals surface area contributed by atoms with E-state index in [-0.39, 0.29) is 18.3 Å². The summed E-state index contributed by atoms with van der Waals surface area (Å²) >= 11 is 0. The SMILES string of the molecule is CCCC(N)C(=O)NCc1coc(-c2ccccc2)n1.Cl. The van der Waals surface area contributed by atoms with Crippen molar-refractivity contribution >= 4 is 18.3 Å². The number of amides is 1. The summed E-state index contributed by atoms with van der Waals surface area (Å²) in [5.41, 5.74) is 7.32. The van der Waals surface area contributed by atoms with E-state index in [2.05, 4.69) is 10.3 Å².